The number of nitrogens with zero attached hydrogens (tertiary/aromatic N) is 3. The van der Waals surface area contributed by atoms with Gasteiger partial charge in [0.25, 0.3) is 0 Å². The number of hydrogen-bond acceptors (Lipinski definition) is 3. The first-order chi connectivity index (χ1) is 12.1. The first-order valence-corrected chi connectivity index (χ1v) is 7.66. The molecule has 3 rings (SSSR count). The van der Waals surface area contributed by atoms with E-state index in [-0.39, 0.29) is 5.69 Å². The highest BCUT2D eigenvalue weighted by Crippen LogP contribution is 2.19. The van der Waals surface area contributed by atoms with Gasteiger partial charge in [0, 0.05) is 0 Å². The molecular formula is C20H15N3O2. The molecule has 1 heterocycles. The number of nitriles is 1. The zero-order valence-electron chi connectivity index (χ0n) is 13.5. The van der Waals surface area contributed by atoms with E-state index in [9.17, 15) is 15.2 Å². The molecule has 1 aromatic heterocycles. The van der Waals surface area contributed by atoms with Gasteiger partial charge in [-0.05, 0) is 36.2 Å². The Hall–Kier alpha value is -3.65. The van der Waals surface area contributed by atoms with Crippen molar-refractivity contribution in [2.75, 3.05) is 0 Å². The molecule has 0 saturated heterocycles. The van der Waals surface area contributed by atoms with Crippen molar-refractivity contribution >= 4 is 18.1 Å². The Morgan fingerprint density at radius 3 is 2.60 bits per heavy atom. The number of carboxylic acid groups (broad SMARTS) is 1. The van der Waals surface area contributed by atoms with Crippen LogP contribution in [-0.2, 0) is 0 Å². The van der Waals surface area contributed by atoms with Gasteiger partial charge < -0.3 is 5.11 Å². The third-order valence-corrected chi connectivity index (χ3v) is 3.71. The third kappa shape index (κ3) is 3.48. The molecule has 0 fully saturated rings. The van der Waals surface area contributed by atoms with Gasteiger partial charge in [-0.3, -0.25) is 0 Å². The molecule has 1 N–H and O–H groups in total. The van der Waals surface area contributed by atoms with Crippen LogP contribution in [0.2, 0.25) is 0 Å². The van der Waals surface area contributed by atoms with Crippen LogP contribution in [0.5, 0.6) is 0 Å². The first kappa shape index (κ1) is 16.2. The second-order valence-electron chi connectivity index (χ2n) is 5.52. The van der Waals surface area contributed by atoms with E-state index in [1.54, 1.807) is 25.1 Å². The predicted octanol–water partition coefficient (Wildman–Crippen LogP) is 3.92. The Bertz CT molecular complexity index is 996. The molecule has 5 nitrogen and oxygen atoms in total. The largest absolute Gasteiger partial charge is 0.477 e. The number of aromatic carboxylic acids is 1. The summed E-state index contributed by atoms with van der Waals surface area (Å²) in [5.41, 5.74) is 3.45. The number of carboxylic acids is 1. The minimum absolute atomic E-state index is 0.0639. The Morgan fingerprint density at radius 1 is 1.16 bits per heavy atom. The topological polar surface area (TPSA) is 78.9 Å². The summed E-state index contributed by atoms with van der Waals surface area (Å²) in [5, 5.41) is 22.9. The van der Waals surface area contributed by atoms with Gasteiger partial charge in [-0.2, -0.15) is 10.4 Å². The van der Waals surface area contributed by atoms with Crippen LogP contribution in [0.15, 0.2) is 54.6 Å². The van der Waals surface area contributed by atoms with Crippen molar-refractivity contribution in [2.24, 2.45) is 0 Å². The average Bonchev–Trinajstić information content (AvgIpc) is 3.03. The normalized spacial score (nSPS) is 10.7. The van der Waals surface area contributed by atoms with Crippen molar-refractivity contribution < 1.29 is 9.90 Å². The van der Waals surface area contributed by atoms with Crippen LogP contribution in [0.4, 0.5) is 0 Å². The summed E-state index contributed by atoms with van der Waals surface area (Å²) in [7, 11) is 0. The van der Waals surface area contributed by atoms with Crippen molar-refractivity contribution in [3.8, 4) is 11.8 Å². The maximum absolute atomic E-state index is 11.4. The number of carbonyl (C=O) groups is 1. The summed E-state index contributed by atoms with van der Waals surface area (Å²) in [6.07, 6.45) is 3.79. The first-order valence-electron chi connectivity index (χ1n) is 7.66. The summed E-state index contributed by atoms with van der Waals surface area (Å²) in [5.74, 6) is -1.06. The second-order valence-corrected chi connectivity index (χ2v) is 5.52. The van der Waals surface area contributed by atoms with Gasteiger partial charge >= 0.3 is 5.97 Å². The van der Waals surface area contributed by atoms with Gasteiger partial charge in [-0.1, -0.05) is 48.6 Å². The van der Waals surface area contributed by atoms with E-state index in [0.717, 1.165) is 11.1 Å². The van der Waals surface area contributed by atoms with Crippen molar-refractivity contribution in [3.05, 3.63) is 82.7 Å². The molecule has 0 saturated carbocycles. The predicted molar refractivity (Wildman–Crippen MR) is 95.3 cm³/mol. The zero-order valence-corrected chi connectivity index (χ0v) is 13.5. The molecule has 2 aromatic carbocycles. The van der Waals surface area contributed by atoms with Crippen molar-refractivity contribution in [1.29, 1.82) is 5.26 Å². The van der Waals surface area contributed by atoms with Crippen LogP contribution in [0.3, 0.4) is 0 Å². The molecular weight excluding hydrogens is 314 g/mol. The van der Waals surface area contributed by atoms with Gasteiger partial charge in [0.1, 0.15) is 0 Å². The standard InChI is InChI=1S/C20H15N3O2/c1-14-11-19(20(24)25)23(22-14)18-10-9-16(17(12-18)13-21)8-7-15-5-3-2-4-6-15/h2-12H,1H3,(H,24,25). The molecule has 5 heteroatoms. The molecule has 0 aliphatic heterocycles. The number of benzene rings is 2. The summed E-state index contributed by atoms with van der Waals surface area (Å²) < 4.78 is 1.34. The van der Waals surface area contributed by atoms with Crippen molar-refractivity contribution in [1.82, 2.24) is 9.78 Å². The van der Waals surface area contributed by atoms with Crippen LogP contribution in [0.25, 0.3) is 17.8 Å². The lowest BCUT2D eigenvalue weighted by atomic mass is 10.1. The molecule has 0 spiro atoms. The summed E-state index contributed by atoms with van der Waals surface area (Å²) in [4.78, 5) is 11.4. The Kier molecular flexibility index (Phi) is 4.44. The maximum Gasteiger partial charge on any atom is 0.354 e. The Labute approximate surface area is 145 Å². The molecule has 25 heavy (non-hydrogen) atoms. The van der Waals surface area contributed by atoms with Crippen LogP contribution in [0.1, 0.15) is 32.9 Å². The quantitative estimate of drug-likeness (QED) is 0.736. The fourth-order valence-electron chi connectivity index (χ4n) is 2.52. The second kappa shape index (κ2) is 6.85. The van der Waals surface area contributed by atoms with E-state index in [0.29, 0.717) is 16.9 Å². The van der Waals surface area contributed by atoms with E-state index in [1.807, 2.05) is 42.5 Å². The molecule has 0 amide bonds. The van der Waals surface area contributed by atoms with E-state index >= 15 is 0 Å². The number of rotatable bonds is 4. The molecule has 0 bridgehead atoms. The Morgan fingerprint density at radius 2 is 1.92 bits per heavy atom. The lowest BCUT2D eigenvalue weighted by Crippen LogP contribution is -2.08. The SMILES string of the molecule is Cc1cc(C(=O)O)n(-c2ccc(C=Cc3ccccc3)c(C#N)c2)n1. The highest BCUT2D eigenvalue weighted by atomic mass is 16.4. The van der Waals surface area contributed by atoms with Crippen LogP contribution < -0.4 is 0 Å². The summed E-state index contributed by atoms with van der Waals surface area (Å²) >= 11 is 0. The fourth-order valence-corrected chi connectivity index (χ4v) is 2.52. The third-order valence-electron chi connectivity index (χ3n) is 3.71. The molecule has 0 aliphatic carbocycles. The highest BCUT2D eigenvalue weighted by Gasteiger charge is 2.14. The van der Waals surface area contributed by atoms with Crippen molar-refractivity contribution in [3.63, 3.8) is 0 Å². The van der Waals surface area contributed by atoms with Gasteiger partial charge in [0.15, 0.2) is 5.69 Å². The monoisotopic (exact) mass is 329 g/mol. The molecule has 0 unspecified atom stereocenters. The summed E-state index contributed by atoms with van der Waals surface area (Å²) in [6, 6.07) is 18.6. The van der Waals surface area contributed by atoms with Crippen LogP contribution >= 0.6 is 0 Å². The van der Waals surface area contributed by atoms with Gasteiger partial charge in [-0.25, -0.2) is 9.48 Å². The zero-order chi connectivity index (χ0) is 17.8. The lowest BCUT2D eigenvalue weighted by Gasteiger charge is -2.07. The highest BCUT2D eigenvalue weighted by molar-refractivity contribution is 5.86. The smallest absolute Gasteiger partial charge is 0.354 e. The van der Waals surface area contributed by atoms with Crippen molar-refractivity contribution in [2.45, 2.75) is 6.92 Å². The molecule has 0 aliphatic rings. The van der Waals surface area contributed by atoms with Crippen LogP contribution in [0, 0.1) is 18.3 Å². The molecule has 3 aromatic rings. The van der Waals surface area contributed by atoms with E-state index in [4.69, 9.17) is 0 Å². The number of aromatic nitrogens is 2. The maximum atomic E-state index is 11.4. The van der Waals surface area contributed by atoms with Gasteiger partial charge in [0.05, 0.1) is 23.0 Å². The average molecular weight is 329 g/mol. The fraction of sp³-hybridized carbons (Fsp3) is 0.0500. The Balaban J connectivity index is 2.00. The molecule has 0 radical (unpaired) electrons. The van der Waals surface area contributed by atoms with E-state index in [1.165, 1.54) is 10.7 Å². The van der Waals surface area contributed by atoms with Gasteiger partial charge in [0.2, 0.25) is 0 Å². The van der Waals surface area contributed by atoms with E-state index < -0.39 is 5.97 Å². The lowest BCUT2D eigenvalue weighted by molar-refractivity contribution is 0.0687. The minimum atomic E-state index is -1.06. The molecule has 122 valence electrons. The number of hydrogen-bond donors (Lipinski definition) is 1. The van der Waals surface area contributed by atoms with Crippen LogP contribution in [-0.4, -0.2) is 20.9 Å². The minimum Gasteiger partial charge on any atom is -0.477 e. The molecule has 0 atom stereocenters. The van der Waals surface area contributed by atoms with Gasteiger partial charge in [-0.15, -0.1) is 0 Å². The summed E-state index contributed by atoms with van der Waals surface area (Å²) in [6.45, 7) is 1.73. The number of aryl methyl sites for hydroxylation is 1. The van der Waals surface area contributed by atoms with E-state index in [2.05, 4.69) is 11.2 Å².